The zero-order chi connectivity index (χ0) is 7.56. The number of rotatable bonds is 1. The molecular weight excluding hydrogens is 132 g/mol. The Balaban J connectivity index is 2.47. The first kappa shape index (κ1) is 7.50. The zero-order valence-electron chi connectivity index (χ0n) is 5.71. The van der Waals surface area contributed by atoms with Gasteiger partial charge in [0.2, 0.25) is 0 Å². The van der Waals surface area contributed by atoms with E-state index in [-0.39, 0.29) is 6.04 Å². The number of hydrogen-bond donors (Lipinski definition) is 3. The van der Waals surface area contributed by atoms with Gasteiger partial charge in [-0.1, -0.05) is 0 Å². The Hall–Kier alpha value is -0.610. The molecule has 1 aliphatic heterocycles. The van der Waals surface area contributed by atoms with Gasteiger partial charge in [-0.05, 0) is 19.4 Å². The molecule has 4 heteroatoms. The Labute approximate surface area is 59.4 Å². The largest absolute Gasteiger partial charge is 0.480 e. The molecule has 0 amide bonds. The number of nitrogens with one attached hydrogen (secondary N) is 1. The molecule has 1 fully saturated rings. The highest BCUT2D eigenvalue weighted by molar-refractivity contribution is 5.74. The maximum Gasteiger partial charge on any atom is 0.322 e. The van der Waals surface area contributed by atoms with Crippen LogP contribution in [0.4, 0.5) is 0 Å². The second-order valence-corrected chi connectivity index (χ2v) is 2.58. The molecule has 1 rings (SSSR count). The summed E-state index contributed by atoms with van der Waals surface area (Å²) in [6.45, 7) is 0.769. The third kappa shape index (κ3) is 1.46. The van der Waals surface area contributed by atoms with E-state index in [1.165, 1.54) is 0 Å². The predicted molar refractivity (Wildman–Crippen MR) is 36.6 cm³/mol. The van der Waals surface area contributed by atoms with Crippen molar-refractivity contribution in [3.63, 3.8) is 0 Å². The summed E-state index contributed by atoms with van der Waals surface area (Å²) < 4.78 is 0. The van der Waals surface area contributed by atoms with E-state index < -0.39 is 12.0 Å². The van der Waals surface area contributed by atoms with E-state index in [1.807, 2.05) is 0 Å². The normalized spacial score (nSPS) is 33.7. The van der Waals surface area contributed by atoms with Crippen LogP contribution in [0, 0.1) is 0 Å². The van der Waals surface area contributed by atoms with E-state index in [1.54, 1.807) is 0 Å². The molecule has 58 valence electrons. The molecular formula is C6H12N2O2. The van der Waals surface area contributed by atoms with Gasteiger partial charge in [0.25, 0.3) is 0 Å². The highest BCUT2D eigenvalue weighted by Gasteiger charge is 2.26. The predicted octanol–water partition coefficient (Wildman–Crippen LogP) is -0.850. The number of carbonyl (C=O) groups is 1. The van der Waals surface area contributed by atoms with Crippen LogP contribution in [0.5, 0.6) is 0 Å². The van der Waals surface area contributed by atoms with Crippen LogP contribution in [0.3, 0.4) is 0 Å². The maximum absolute atomic E-state index is 10.4. The average Bonchev–Trinajstić information content (AvgIpc) is 1.88. The Bertz CT molecular complexity index is 138. The number of carboxylic acids is 1. The van der Waals surface area contributed by atoms with Crippen LogP contribution in [0.25, 0.3) is 0 Å². The number of nitrogens with two attached hydrogens (primary N) is 1. The molecule has 0 spiro atoms. The molecule has 1 heterocycles. The molecule has 0 aromatic rings. The smallest absolute Gasteiger partial charge is 0.322 e. The summed E-state index contributed by atoms with van der Waals surface area (Å²) >= 11 is 0. The second kappa shape index (κ2) is 2.98. The van der Waals surface area contributed by atoms with Crippen LogP contribution < -0.4 is 11.1 Å². The lowest BCUT2D eigenvalue weighted by atomic mass is 10.00. The lowest BCUT2D eigenvalue weighted by Crippen LogP contribution is -2.53. The Morgan fingerprint density at radius 3 is 2.80 bits per heavy atom. The minimum Gasteiger partial charge on any atom is -0.480 e. The summed E-state index contributed by atoms with van der Waals surface area (Å²) in [6, 6.07) is -0.750. The van der Waals surface area contributed by atoms with Gasteiger partial charge in [0.1, 0.15) is 6.04 Å². The average molecular weight is 144 g/mol. The number of aliphatic carboxylic acids is 1. The van der Waals surface area contributed by atoms with Gasteiger partial charge in [-0.2, -0.15) is 0 Å². The van der Waals surface area contributed by atoms with E-state index in [0.717, 1.165) is 19.4 Å². The molecule has 0 radical (unpaired) electrons. The van der Waals surface area contributed by atoms with Crippen molar-refractivity contribution in [3.8, 4) is 0 Å². The van der Waals surface area contributed by atoms with Gasteiger partial charge >= 0.3 is 5.97 Å². The lowest BCUT2D eigenvalue weighted by molar-refractivity contribution is -0.140. The molecule has 1 aliphatic rings. The van der Waals surface area contributed by atoms with E-state index >= 15 is 0 Å². The molecule has 0 aromatic heterocycles. The molecule has 0 aromatic carbocycles. The van der Waals surface area contributed by atoms with Crippen molar-refractivity contribution < 1.29 is 9.90 Å². The minimum absolute atomic E-state index is 0.216. The maximum atomic E-state index is 10.4. The zero-order valence-corrected chi connectivity index (χ0v) is 5.71. The quantitative estimate of drug-likeness (QED) is 0.448. The van der Waals surface area contributed by atoms with E-state index in [0.29, 0.717) is 0 Å². The number of piperidine rings is 1. The third-order valence-corrected chi connectivity index (χ3v) is 1.77. The van der Waals surface area contributed by atoms with E-state index in [4.69, 9.17) is 10.8 Å². The molecule has 2 atom stereocenters. The lowest BCUT2D eigenvalue weighted by Gasteiger charge is -2.25. The molecule has 4 N–H and O–H groups in total. The molecule has 0 unspecified atom stereocenters. The second-order valence-electron chi connectivity index (χ2n) is 2.58. The molecule has 1 saturated heterocycles. The first-order valence-electron chi connectivity index (χ1n) is 3.43. The summed E-state index contributed by atoms with van der Waals surface area (Å²) in [5, 5.41) is 11.4. The van der Waals surface area contributed by atoms with Gasteiger partial charge in [-0.25, -0.2) is 0 Å². The first-order chi connectivity index (χ1) is 4.72. The Morgan fingerprint density at radius 2 is 2.40 bits per heavy atom. The summed E-state index contributed by atoms with van der Waals surface area (Å²) in [6.07, 6.45) is 1.79. The van der Waals surface area contributed by atoms with Crippen molar-refractivity contribution in [2.24, 2.45) is 5.73 Å². The fraction of sp³-hybridized carbons (Fsp3) is 0.833. The summed E-state index contributed by atoms with van der Waals surface area (Å²) in [5.74, 6) is -0.841. The van der Waals surface area contributed by atoms with E-state index in [2.05, 4.69) is 5.32 Å². The SMILES string of the molecule is N[C@@H]1CCCN[C@@H]1C(=O)O. The minimum atomic E-state index is -0.841. The van der Waals surface area contributed by atoms with Gasteiger partial charge in [0.15, 0.2) is 0 Å². The highest BCUT2D eigenvalue weighted by Crippen LogP contribution is 2.05. The Kier molecular flexibility index (Phi) is 2.24. The van der Waals surface area contributed by atoms with Crippen molar-refractivity contribution >= 4 is 5.97 Å². The summed E-state index contributed by atoms with van der Waals surface area (Å²) in [5.41, 5.74) is 5.54. The summed E-state index contributed by atoms with van der Waals surface area (Å²) in [4.78, 5) is 10.4. The van der Waals surface area contributed by atoms with Gasteiger partial charge in [-0.3, -0.25) is 4.79 Å². The van der Waals surface area contributed by atoms with Crippen molar-refractivity contribution in [2.45, 2.75) is 24.9 Å². The molecule has 0 saturated carbocycles. The highest BCUT2D eigenvalue weighted by atomic mass is 16.4. The van der Waals surface area contributed by atoms with Crippen molar-refractivity contribution in [1.82, 2.24) is 5.32 Å². The van der Waals surface area contributed by atoms with Crippen molar-refractivity contribution in [3.05, 3.63) is 0 Å². The number of carboxylic acid groups (broad SMARTS) is 1. The first-order valence-corrected chi connectivity index (χ1v) is 3.43. The van der Waals surface area contributed by atoms with Gasteiger partial charge < -0.3 is 16.2 Å². The van der Waals surface area contributed by atoms with Gasteiger partial charge in [0, 0.05) is 6.04 Å². The van der Waals surface area contributed by atoms with Crippen LogP contribution in [-0.2, 0) is 4.79 Å². The molecule has 0 aliphatic carbocycles. The Morgan fingerprint density at radius 1 is 1.70 bits per heavy atom. The van der Waals surface area contributed by atoms with Gasteiger partial charge in [-0.15, -0.1) is 0 Å². The monoisotopic (exact) mass is 144 g/mol. The molecule has 0 bridgehead atoms. The van der Waals surface area contributed by atoms with Crippen LogP contribution in [0.1, 0.15) is 12.8 Å². The fourth-order valence-corrected chi connectivity index (χ4v) is 1.18. The topological polar surface area (TPSA) is 75.3 Å². The number of hydrogen-bond acceptors (Lipinski definition) is 3. The van der Waals surface area contributed by atoms with Crippen molar-refractivity contribution in [2.75, 3.05) is 6.54 Å². The van der Waals surface area contributed by atoms with E-state index in [9.17, 15) is 4.79 Å². The van der Waals surface area contributed by atoms with Crippen LogP contribution in [0.2, 0.25) is 0 Å². The standard InChI is InChI=1S/C6H12N2O2/c7-4-2-1-3-8-5(4)6(9)10/h4-5,8H,1-3,7H2,(H,9,10)/t4-,5+/m1/s1. The van der Waals surface area contributed by atoms with Crippen LogP contribution in [-0.4, -0.2) is 29.7 Å². The molecule has 10 heavy (non-hydrogen) atoms. The fourth-order valence-electron chi connectivity index (χ4n) is 1.18. The van der Waals surface area contributed by atoms with Crippen LogP contribution >= 0.6 is 0 Å². The molecule has 4 nitrogen and oxygen atoms in total. The summed E-state index contributed by atoms with van der Waals surface area (Å²) in [7, 11) is 0. The van der Waals surface area contributed by atoms with Gasteiger partial charge in [0.05, 0.1) is 0 Å². The third-order valence-electron chi connectivity index (χ3n) is 1.77. The van der Waals surface area contributed by atoms with Crippen molar-refractivity contribution in [1.29, 1.82) is 0 Å². The van der Waals surface area contributed by atoms with Crippen LogP contribution in [0.15, 0.2) is 0 Å².